The van der Waals surface area contributed by atoms with Gasteiger partial charge in [-0.15, -0.1) is 0 Å². The van der Waals surface area contributed by atoms with Crippen molar-refractivity contribution in [2.24, 2.45) is 0 Å². The van der Waals surface area contributed by atoms with Crippen LogP contribution in [0.2, 0.25) is 0 Å². The lowest BCUT2D eigenvalue weighted by atomic mass is 10.0. The van der Waals surface area contributed by atoms with E-state index in [1.807, 2.05) is 0 Å². The molecule has 2 saturated heterocycles. The fourth-order valence-electron chi connectivity index (χ4n) is 2.35. The summed E-state index contributed by atoms with van der Waals surface area (Å²) < 4.78 is 17.2. The Bertz CT molecular complexity index is 141. The molecule has 0 aromatic carbocycles. The van der Waals surface area contributed by atoms with Crippen molar-refractivity contribution in [1.29, 1.82) is 0 Å². The summed E-state index contributed by atoms with van der Waals surface area (Å²) >= 11 is 0. The van der Waals surface area contributed by atoms with Crippen LogP contribution in [0.25, 0.3) is 0 Å². The van der Waals surface area contributed by atoms with Gasteiger partial charge in [-0.1, -0.05) is 0 Å². The van der Waals surface area contributed by atoms with Crippen molar-refractivity contribution in [3.63, 3.8) is 0 Å². The molecule has 12 heavy (non-hydrogen) atoms. The zero-order valence-electron chi connectivity index (χ0n) is 7.26. The van der Waals surface area contributed by atoms with Crippen molar-refractivity contribution < 1.29 is 9.13 Å². The topological polar surface area (TPSA) is 21.3 Å². The Morgan fingerprint density at radius 3 is 2.50 bits per heavy atom. The molecular weight excluding hydrogens is 157 g/mol. The van der Waals surface area contributed by atoms with E-state index in [4.69, 9.17) is 4.74 Å². The Balaban J connectivity index is 1.78. The largest absolute Gasteiger partial charge is 0.375 e. The normalized spacial score (nSPS) is 40.2. The first-order valence-electron chi connectivity index (χ1n) is 4.82. The summed E-state index contributed by atoms with van der Waals surface area (Å²) in [5.41, 5.74) is 0. The number of nitrogens with one attached hydrogen (secondary N) is 1. The van der Waals surface area contributed by atoms with Gasteiger partial charge in [-0.3, -0.25) is 0 Å². The first-order chi connectivity index (χ1) is 5.88. The van der Waals surface area contributed by atoms with Gasteiger partial charge in [-0.25, -0.2) is 4.39 Å². The first-order valence-corrected chi connectivity index (χ1v) is 4.82. The molecule has 2 unspecified atom stereocenters. The number of piperidine rings is 1. The molecule has 0 spiro atoms. The number of hydrogen-bond donors (Lipinski definition) is 1. The molecule has 2 aliphatic rings. The van der Waals surface area contributed by atoms with Crippen molar-refractivity contribution in [1.82, 2.24) is 5.32 Å². The number of ether oxygens (including phenoxy) is 1. The molecule has 2 atom stereocenters. The van der Waals surface area contributed by atoms with Gasteiger partial charge in [0.05, 0.1) is 12.7 Å². The lowest BCUT2D eigenvalue weighted by molar-refractivity contribution is 0.0138. The van der Waals surface area contributed by atoms with Crippen molar-refractivity contribution in [3.05, 3.63) is 0 Å². The highest BCUT2D eigenvalue weighted by atomic mass is 19.1. The summed E-state index contributed by atoms with van der Waals surface area (Å²) in [5.74, 6) is 0. The number of alkyl halides is 1. The van der Waals surface area contributed by atoms with Crippen LogP contribution in [0.3, 0.4) is 0 Å². The van der Waals surface area contributed by atoms with Crippen LogP contribution in [0.5, 0.6) is 0 Å². The summed E-state index contributed by atoms with van der Waals surface area (Å²) in [6.45, 7) is -0.0661. The van der Waals surface area contributed by atoms with Crippen molar-refractivity contribution in [2.45, 2.75) is 43.9 Å². The Morgan fingerprint density at radius 2 is 1.92 bits per heavy atom. The van der Waals surface area contributed by atoms with Crippen LogP contribution in [0.4, 0.5) is 4.39 Å². The van der Waals surface area contributed by atoms with E-state index >= 15 is 0 Å². The van der Waals surface area contributed by atoms with E-state index in [9.17, 15) is 4.39 Å². The number of hydrogen-bond acceptors (Lipinski definition) is 2. The van der Waals surface area contributed by atoms with E-state index in [2.05, 4.69) is 5.32 Å². The predicted molar refractivity (Wildman–Crippen MR) is 44.9 cm³/mol. The van der Waals surface area contributed by atoms with Crippen LogP contribution in [0, 0.1) is 0 Å². The standard InChI is InChI=1S/C9H16FNO/c10-3-4-12-9-5-7-1-2-8(6-9)11-7/h7-9,11H,1-6H2. The molecule has 1 N–H and O–H groups in total. The van der Waals surface area contributed by atoms with Crippen molar-refractivity contribution in [3.8, 4) is 0 Å². The minimum Gasteiger partial charge on any atom is -0.375 e. The molecule has 2 fully saturated rings. The van der Waals surface area contributed by atoms with E-state index in [1.54, 1.807) is 0 Å². The van der Waals surface area contributed by atoms with Gasteiger partial charge in [0.15, 0.2) is 0 Å². The second-order valence-electron chi connectivity index (χ2n) is 3.79. The van der Waals surface area contributed by atoms with E-state index in [0.29, 0.717) is 18.2 Å². The Kier molecular flexibility index (Phi) is 2.61. The molecule has 2 rings (SSSR count). The highest BCUT2D eigenvalue weighted by Gasteiger charge is 2.33. The average molecular weight is 173 g/mol. The lowest BCUT2D eigenvalue weighted by Crippen LogP contribution is -2.41. The monoisotopic (exact) mass is 173 g/mol. The molecule has 0 aromatic heterocycles. The van der Waals surface area contributed by atoms with Gasteiger partial charge in [0.25, 0.3) is 0 Å². The maximum absolute atomic E-state index is 11.8. The Hall–Kier alpha value is -0.150. The summed E-state index contributed by atoms with van der Waals surface area (Å²) in [7, 11) is 0. The molecule has 3 heteroatoms. The van der Waals surface area contributed by atoms with Crippen LogP contribution in [0.1, 0.15) is 25.7 Å². The van der Waals surface area contributed by atoms with Crippen molar-refractivity contribution in [2.75, 3.05) is 13.3 Å². The van der Waals surface area contributed by atoms with Gasteiger partial charge in [0.2, 0.25) is 0 Å². The zero-order valence-corrected chi connectivity index (χ0v) is 7.26. The summed E-state index contributed by atoms with van der Waals surface area (Å²) in [6.07, 6.45) is 5.03. The maximum Gasteiger partial charge on any atom is 0.113 e. The van der Waals surface area contributed by atoms with Gasteiger partial charge >= 0.3 is 0 Å². The van der Waals surface area contributed by atoms with Crippen LogP contribution >= 0.6 is 0 Å². The maximum atomic E-state index is 11.8. The SMILES string of the molecule is FCCOC1CC2CCC(C1)N2. The molecule has 0 radical (unpaired) electrons. The lowest BCUT2D eigenvalue weighted by Gasteiger charge is -2.28. The molecule has 2 bridgehead atoms. The van der Waals surface area contributed by atoms with Crippen LogP contribution in [-0.2, 0) is 4.74 Å². The molecule has 0 aromatic rings. The highest BCUT2D eigenvalue weighted by molar-refractivity contribution is 4.92. The van der Waals surface area contributed by atoms with Crippen LogP contribution in [-0.4, -0.2) is 31.5 Å². The zero-order chi connectivity index (χ0) is 8.39. The van der Waals surface area contributed by atoms with Gasteiger partial charge in [-0.05, 0) is 25.7 Å². The second kappa shape index (κ2) is 3.71. The van der Waals surface area contributed by atoms with E-state index in [1.165, 1.54) is 12.8 Å². The molecule has 0 saturated carbocycles. The smallest absolute Gasteiger partial charge is 0.113 e. The third kappa shape index (κ3) is 1.77. The molecule has 0 aliphatic carbocycles. The molecule has 0 amide bonds. The molecular formula is C9H16FNO. The Morgan fingerprint density at radius 1 is 1.25 bits per heavy atom. The predicted octanol–water partition coefficient (Wildman–Crippen LogP) is 1.26. The van der Waals surface area contributed by atoms with Crippen LogP contribution in [0.15, 0.2) is 0 Å². The Labute approximate surface area is 72.5 Å². The molecule has 2 heterocycles. The highest BCUT2D eigenvalue weighted by Crippen LogP contribution is 2.28. The molecule has 2 aliphatic heterocycles. The van der Waals surface area contributed by atoms with Gasteiger partial charge in [-0.2, -0.15) is 0 Å². The average Bonchev–Trinajstić information content (AvgIpc) is 2.42. The fraction of sp³-hybridized carbons (Fsp3) is 1.00. The first kappa shape index (κ1) is 8.45. The number of fused-ring (bicyclic) bond motifs is 2. The minimum atomic E-state index is -0.348. The minimum absolute atomic E-state index is 0.282. The molecule has 2 nitrogen and oxygen atoms in total. The number of halogens is 1. The van der Waals surface area contributed by atoms with Gasteiger partial charge in [0, 0.05) is 12.1 Å². The van der Waals surface area contributed by atoms with E-state index in [-0.39, 0.29) is 13.3 Å². The third-order valence-corrected chi connectivity index (χ3v) is 2.86. The molecule has 70 valence electrons. The summed E-state index contributed by atoms with van der Waals surface area (Å²) in [6, 6.07) is 1.29. The fourth-order valence-corrected chi connectivity index (χ4v) is 2.35. The quantitative estimate of drug-likeness (QED) is 0.693. The van der Waals surface area contributed by atoms with Crippen LogP contribution < -0.4 is 5.32 Å². The third-order valence-electron chi connectivity index (χ3n) is 2.86. The number of rotatable bonds is 3. The van der Waals surface area contributed by atoms with Gasteiger partial charge < -0.3 is 10.1 Å². The summed E-state index contributed by atoms with van der Waals surface area (Å²) in [5, 5.41) is 3.52. The van der Waals surface area contributed by atoms with E-state index < -0.39 is 0 Å². The summed E-state index contributed by atoms with van der Waals surface area (Å²) in [4.78, 5) is 0. The van der Waals surface area contributed by atoms with Gasteiger partial charge in [0.1, 0.15) is 6.67 Å². The van der Waals surface area contributed by atoms with E-state index in [0.717, 1.165) is 12.8 Å². The second-order valence-corrected chi connectivity index (χ2v) is 3.79. The van der Waals surface area contributed by atoms with Crippen molar-refractivity contribution >= 4 is 0 Å².